The number of ether oxygens (including phenoxy) is 2. The van der Waals surface area contributed by atoms with Crippen LogP contribution >= 0.6 is 11.6 Å². The van der Waals surface area contributed by atoms with E-state index in [0.717, 1.165) is 13.2 Å². The summed E-state index contributed by atoms with van der Waals surface area (Å²) in [7, 11) is 1.00. The Labute approximate surface area is 125 Å². The van der Waals surface area contributed by atoms with E-state index in [-0.39, 0.29) is 0 Å². The lowest BCUT2D eigenvalue weighted by molar-refractivity contribution is -0.278. The number of methoxy groups -OCH3 is 1. The quantitative estimate of drug-likeness (QED) is 0.473. The van der Waals surface area contributed by atoms with E-state index in [1.165, 1.54) is 0 Å². The molecule has 0 aliphatic carbocycles. The molecular weight excluding hydrogens is 344 g/mol. The predicted molar refractivity (Wildman–Crippen MR) is 61.2 cm³/mol. The Kier molecular flexibility index (Phi) is 5.49. The SMILES string of the molecule is COC(=O)Cc1cc(CCl)c(C(F)(F)F)c(OC(F)(F)F)n1. The molecule has 0 aliphatic rings. The first-order chi connectivity index (χ1) is 9.97. The van der Waals surface area contributed by atoms with Crippen molar-refractivity contribution in [3.05, 3.63) is 22.9 Å². The maximum atomic E-state index is 12.9. The minimum absolute atomic E-state index is 0.394. The largest absolute Gasteiger partial charge is 0.574 e. The molecule has 0 unspecified atom stereocenters. The smallest absolute Gasteiger partial charge is 0.469 e. The standard InChI is InChI=1S/C11H8ClF6NO3/c1-21-7(20)3-6-2-5(4-12)8(10(13,14)15)9(19-6)22-11(16,17)18/h2H,3-4H2,1H3. The van der Waals surface area contributed by atoms with Crippen LogP contribution in [-0.2, 0) is 28.0 Å². The highest BCUT2D eigenvalue weighted by Crippen LogP contribution is 2.40. The molecule has 1 heterocycles. The fraction of sp³-hybridized carbons (Fsp3) is 0.455. The van der Waals surface area contributed by atoms with Gasteiger partial charge >= 0.3 is 18.5 Å². The van der Waals surface area contributed by atoms with Crippen molar-refractivity contribution in [1.29, 1.82) is 0 Å². The van der Waals surface area contributed by atoms with Crippen LogP contribution in [0, 0.1) is 0 Å². The third-order valence-corrected chi connectivity index (χ3v) is 2.60. The van der Waals surface area contributed by atoms with Crippen molar-refractivity contribution in [1.82, 2.24) is 4.98 Å². The second kappa shape index (κ2) is 6.59. The molecule has 0 bridgehead atoms. The summed E-state index contributed by atoms with van der Waals surface area (Å²) in [4.78, 5) is 14.2. The van der Waals surface area contributed by atoms with E-state index in [2.05, 4.69) is 14.5 Å². The lowest BCUT2D eigenvalue weighted by atomic mass is 10.1. The zero-order valence-corrected chi connectivity index (χ0v) is 11.6. The van der Waals surface area contributed by atoms with Gasteiger partial charge in [-0.1, -0.05) is 0 Å². The van der Waals surface area contributed by atoms with Crippen molar-refractivity contribution in [3.8, 4) is 5.88 Å². The molecule has 0 radical (unpaired) electrons. The number of aromatic nitrogens is 1. The number of hydrogen-bond acceptors (Lipinski definition) is 4. The molecule has 124 valence electrons. The lowest BCUT2D eigenvalue weighted by Crippen LogP contribution is -2.23. The molecule has 0 saturated heterocycles. The average molecular weight is 352 g/mol. The van der Waals surface area contributed by atoms with Gasteiger partial charge in [0.15, 0.2) is 0 Å². The molecule has 4 nitrogen and oxygen atoms in total. The van der Waals surface area contributed by atoms with Crippen molar-refractivity contribution in [2.24, 2.45) is 0 Å². The summed E-state index contributed by atoms with van der Waals surface area (Å²) in [5.74, 6) is -3.36. The molecule has 0 fully saturated rings. The number of rotatable bonds is 4. The molecule has 0 saturated carbocycles. The molecule has 0 aliphatic heterocycles. The number of esters is 1. The second-order valence-electron chi connectivity index (χ2n) is 3.88. The highest BCUT2D eigenvalue weighted by Gasteiger charge is 2.42. The third kappa shape index (κ3) is 4.93. The molecule has 1 aromatic rings. The average Bonchev–Trinajstić information content (AvgIpc) is 2.34. The van der Waals surface area contributed by atoms with Gasteiger partial charge in [-0.15, -0.1) is 24.8 Å². The fourth-order valence-electron chi connectivity index (χ4n) is 1.53. The van der Waals surface area contributed by atoms with E-state index in [1.54, 1.807) is 0 Å². The fourth-order valence-corrected chi connectivity index (χ4v) is 1.74. The third-order valence-electron chi connectivity index (χ3n) is 2.31. The van der Waals surface area contributed by atoms with E-state index in [1.807, 2.05) is 0 Å². The summed E-state index contributed by atoms with van der Waals surface area (Å²) in [5.41, 5.74) is -2.83. The van der Waals surface area contributed by atoms with Gasteiger partial charge in [-0.3, -0.25) is 4.79 Å². The number of pyridine rings is 1. The predicted octanol–water partition coefficient (Wildman–Crippen LogP) is 3.45. The van der Waals surface area contributed by atoms with Crippen molar-refractivity contribution in [2.45, 2.75) is 24.8 Å². The summed E-state index contributed by atoms with van der Waals surface area (Å²) in [6.45, 7) is 0. The molecule has 0 aromatic carbocycles. The van der Waals surface area contributed by atoms with Crippen molar-refractivity contribution in [2.75, 3.05) is 7.11 Å². The number of nitrogens with zero attached hydrogens (tertiary/aromatic N) is 1. The van der Waals surface area contributed by atoms with E-state index in [0.29, 0.717) is 0 Å². The van der Waals surface area contributed by atoms with Crippen LogP contribution in [0.3, 0.4) is 0 Å². The van der Waals surface area contributed by atoms with Crippen LogP contribution in [-0.4, -0.2) is 24.4 Å². The van der Waals surface area contributed by atoms with Crippen molar-refractivity contribution in [3.63, 3.8) is 0 Å². The van der Waals surface area contributed by atoms with Gasteiger partial charge in [0.05, 0.1) is 19.2 Å². The second-order valence-corrected chi connectivity index (χ2v) is 4.15. The molecule has 0 atom stereocenters. The van der Waals surface area contributed by atoms with Gasteiger partial charge in [0, 0.05) is 5.88 Å². The first-order valence-electron chi connectivity index (χ1n) is 5.46. The summed E-state index contributed by atoms with van der Waals surface area (Å²) in [5, 5.41) is 0. The van der Waals surface area contributed by atoms with Crippen LogP contribution in [0.5, 0.6) is 5.88 Å². The normalized spacial score (nSPS) is 12.2. The van der Waals surface area contributed by atoms with Gasteiger partial charge < -0.3 is 9.47 Å². The van der Waals surface area contributed by atoms with Gasteiger partial charge in [-0.25, -0.2) is 4.98 Å². The van der Waals surface area contributed by atoms with Crippen molar-refractivity contribution >= 4 is 17.6 Å². The van der Waals surface area contributed by atoms with E-state index in [9.17, 15) is 31.1 Å². The van der Waals surface area contributed by atoms with Gasteiger partial charge in [0.1, 0.15) is 5.56 Å². The van der Waals surface area contributed by atoms with Gasteiger partial charge in [-0.05, 0) is 11.6 Å². The van der Waals surface area contributed by atoms with E-state index in [4.69, 9.17) is 11.6 Å². The van der Waals surface area contributed by atoms with Crippen LogP contribution in [0.4, 0.5) is 26.3 Å². The zero-order chi connectivity index (χ0) is 17.1. The van der Waals surface area contributed by atoms with Crippen LogP contribution in [0.25, 0.3) is 0 Å². The van der Waals surface area contributed by atoms with Crippen LogP contribution in [0.1, 0.15) is 16.8 Å². The Bertz CT molecular complexity index is 558. The molecule has 11 heteroatoms. The molecular formula is C11H8ClF6NO3. The highest BCUT2D eigenvalue weighted by atomic mass is 35.5. The Morgan fingerprint density at radius 1 is 1.27 bits per heavy atom. The van der Waals surface area contributed by atoms with E-state index < -0.39 is 53.5 Å². The van der Waals surface area contributed by atoms with Gasteiger partial charge in [0.25, 0.3) is 0 Å². The molecule has 1 aromatic heterocycles. The Morgan fingerprint density at radius 3 is 2.27 bits per heavy atom. The summed E-state index contributed by atoms with van der Waals surface area (Å²) in [6, 6.07) is 0.774. The maximum absolute atomic E-state index is 12.9. The Morgan fingerprint density at radius 2 is 1.86 bits per heavy atom. The summed E-state index contributed by atoms with van der Waals surface area (Å²) in [6.07, 6.45) is -11.2. The summed E-state index contributed by atoms with van der Waals surface area (Å²) < 4.78 is 83.0. The van der Waals surface area contributed by atoms with Gasteiger partial charge in [0.2, 0.25) is 5.88 Å². The monoisotopic (exact) mass is 351 g/mol. The molecule has 1 rings (SSSR count). The highest BCUT2D eigenvalue weighted by molar-refractivity contribution is 6.17. The van der Waals surface area contributed by atoms with E-state index >= 15 is 0 Å². The number of carbonyl (C=O) groups excluding carboxylic acids is 1. The van der Waals surface area contributed by atoms with Gasteiger partial charge in [-0.2, -0.15) is 13.2 Å². The first kappa shape index (κ1) is 18.3. The van der Waals surface area contributed by atoms with Crippen LogP contribution in [0.2, 0.25) is 0 Å². The maximum Gasteiger partial charge on any atom is 0.574 e. The molecule has 0 N–H and O–H groups in total. The molecule has 0 amide bonds. The Balaban J connectivity index is 3.45. The molecule has 0 spiro atoms. The number of alkyl halides is 7. The van der Waals surface area contributed by atoms with Crippen LogP contribution < -0.4 is 4.74 Å². The first-order valence-corrected chi connectivity index (χ1v) is 6.00. The lowest BCUT2D eigenvalue weighted by Gasteiger charge is -2.18. The van der Waals surface area contributed by atoms with Crippen molar-refractivity contribution < 1.29 is 40.6 Å². The zero-order valence-electron chi connectivity index (χ0n) is 10.8. The summed E-state index contributed by atoms with van der Waals surface area (Å²) >= 11 is 5.34. The topological polar surface area (TPSA) is 48.4 Å². The number of hydrogen-bond donors (Lipinski definition) is 0. The molecule has 22 heavy (non-hydrogen) atoms. The minimum Gasteiger partial charge on any atom is -0.469 e. The number of carbonyl (C=O) groups is 1. The van der Waals surface area contributed by atoms with Crippen LogP contribution in [0.15, 0.2) is 6.07 Å². The Hall–Kier alpha value is -1.71. The minimum atomic E-state index is -5.39. The number of halogens is 7.